The van der Waals surface area contributed by atoms with Crippen LogP contribution in [-0.4, -0.2) is 29.2 Å². The van der Waals surface area contributed by atoms with Crippen LogP contribution in [0.25, 0.3) is 0 Å². The Morgan fingerprint density at radius 2 is 1.71 bits per heavy atom. The summed E-state index contributed by atoms with van der Waals surface area (Å²) in [6.45, 7) is 3.96. The molecule has 0 spiro atoms. The summed E-state index contributed by atoms with van der Waals surface area (Å²) in [5.41, 5.74) is 2.02. The fourth-order valence-electron chi connectivity index (χ4n) is 2.82. The SMILES string of the molecule is CCN1C(=O)c2ccc(C(=O)NC(C)c3ccccc3)cc2C1=O. The predicted octanol–water partition coefficient (Wildman–Crippen LogP) is 2.79. The number of nitrogens with one attached hydrogen (secondary N) is 1. The van der Waals surface area contributed by atoms with Gasteiger partial charge in [0.05, 0.1) is 17.2 Å². The van der Waals surface area contributed by atoms with Crippen LogP contribution >= 0.6 is 0 Å². The van der Waals surface area contributed by atoms with Crippen molar-refractivity contribution in [1.29, 1.82) is 0 Å². The van der Waals surface area contributed by atoms with Crippen molar-refractivity contribution in [2.45, 2.75) is 19.9 Å². The van der Waals surface area contributed by atoms with Gasteiger partial charge >= 0.3 is 0 Å². The number of nitrogens with zero attached hydrogens (tertiary/aromatic N) is 1. The summed E-state index contributed by atoms with van der Waals surface area (Å²) in [6.07, 6.45) is 0. The topological polar surface area (TPSA) is 66.5 Å². The second kappa shape index (κ2) is 6.28. The van der Waals surface area contributed by atoms with Crippen LogP contribution in [-0.2, 0) is 0 Å². The monoisotopic (exact) mass is 322 g/mol. The van der Waals surface area contributed by atoms with Crippen molar-refractivity contribution in [3.63, 3.8) is 0 Å². The highest BCUT2D eigenvalue weighted by Gasteiger charge is 2.34. The number of benzene rings is 2. The normalized spacial score (nSPS) is 14.5. The Kier molecular flexibility index (Phi) is 4.16. The van der Waals surface area contributed by atoms with Crippen LogP contribution in [0.5, 0.6) is 0 Å². The molecule has 2 aromatic rings. The Morgan fingerprint density at radius 1 is 1.04 bits per heavy atom. The van der Waals surface area contributed by atoms with Gasteiger partial charge in [-0.05, 0) is 37.6 Å². The van der Waals surface area contributed by atoms with Crippen LogP contribution in [0.15, 0.2) is 48.5 Å². The predicted molar refractivity (Wildman–Crippen MR) is 89.8 cm³/mol. The quantitative estimate of drug-likeness (QED) is 0.880. The standard InChI is InChI=1S/C19H18N2O3/c1-3-21-18(23)15-10-9-14(11-16(15)19(21)24)17(22)20-12(2)13-7-5-4-6-8-13/h4-12H,3H2,1-2H3,(H,20,22). The van der Waals surface area contributed by atoms with Crippen molar-refractivity contribution in [3.05, 3.63) is 70.8 Å². The highest BCUT2D eigenvalue weighted by Crippen LogP contribution is 2.24. The van der Waals surface area contributed by atoms with Gasteiger partial charge in [-0.3, -0.25) is 19.3 Å². The number of hydrogen-bond donors (Lipinski definition) is 1. The molecule has 122 valence electrons. The molecule has 1 aliphatic rings. The van der Waals surface area contributed by atoms with E-state index >= 15 is 0 Å². The van der Waals surface area contributed by atoms with Crippen LogP contribution in [0.2, 0.25) is 0 Å². The van der Waals surface area contributed by atoms with Crippen molar-refractivity contribution in [2.24, 2.45) is 0 Å². The fraction of sp³-hybridized carbons (Fsp3) is 0.211. The van der Waals surface area contributed by atoms with Gasteiger partial charge in [-0.2, -0.15) is 0 Å². The molecule has 1 N–H and O–H groups in total. The number of hydrogen-bond acceptors (Lipinski definition) is 3. The summed E-state index contributed by atoms with van der Waals surface area (Å²) >= 11 is 0. The minimum Gasteiger partial charge on any atom is -0.346 e. The zero-order valence-corrected chi connectivity index (χ0v) is 13.6. The van der Waals surface area contributed by atoms with Crippen molar-refractivity contribution < 1.29 is 14.4 Å². The van der Waals surface area contributed by atoms with Crippen molar-refractivity contribution in [1.82, 2.24) is 10.2 Å². The van der Waals surface area contributed by atoms with E-state index < -0.39 is 0 Å². The summed E-state index contributed by atoms with van der Waals surface area (Å²) < 4.78 is 0. The Labute approximate surface area is 140 Å². The number of rotatable bonds is 4. The van der Waals surface area contributed by atoms with E-state index in [4.69, 9.17) is 0 Å². The zero-order chi connectivity index (χ0) is 17.3. The van der Waals surface area contributed by atoms with Crippen LogP contribution in [0, 0.1) is 0 Å². The molecule has 0 aromatic heterocycles. The lowest BCUT2D eigenvalue weighted by Gasteiger charge is -2.14. The van der Waals surface area contributed by atoms with Crippen LogP contribution in [0.4, 0.5) is 0 Å². The lowest BCUT2D eigenvalue weighted by Crippen LogP contribution is -2.29. The first-order valence-electron chi connectivity index (χ1n) is 7.89. The lowest BCUT2D eigenvalue weighted by atomic mass is 10.0. The van der Waals surface area contributed by atoms with Crippen LogP contribution < -0.4 is 5.32 Å². The molecule has 0 aliphatic carbocycles. The molecule has 2 aromatic carbocycles. The molecular weight excluding hydrogens is 304 g/mol. The largest absolute Gasteiger partial charge is 0.346 e. The Bertz CT molecular complexity index is 815. The van der Waals surface area contributed by atoms with Crippen LogP contribution in [0.3, 0.4) is 0 Å². The van der Waals surface area contributed by atoms with Gasteiger partial charge in [-0.25, -0.2) is 0 Å². The molecule has 0 radical (unpaired) electrons. The molecule has 3 rings (SSSR count). The second-order valence-electron chi connectivity index (χ2n) is 5.72. The number of imide groups is 1. The van der Waals surface area contributed by atoms with E-state index in [0.29, 0.717) is 23.2 Å². The molecule has 0 bridgehead atoms. The highest BCUT2D eigenvalue weighted by molar-refractivity contribution is 6.22. The second-order valence-corrected chi connectivity index (χ2v) is 5.72. The minimum atomic E-state index is -0.344. The molecule has 1 atom stereocenters. The average molecular weight is 322 g/mol. The van der Waals surface area contributed by atoms with Gasteiger partial charge in [-0.1, -0.05) is 30.3 Å². The first-order chi connectivity index (χ1) is 11.5. The molecule has 0 fully saturated rings. The molecule has 1 unspecified atom stereocenters. The third kappa shape index (κ3) is 2.69. The van der Waals surface area contributed by atoms with E-state index in [-0.39, 0.29) is 23.8 Å². The maximum absolute atomic E-state index is 12.4. The smallest absolute Gasteiger partial charge is 0.261 e. The summed E-state index contributed by atoms with van der Waals surface area (Å²) in [4.78, 5) is 37.9. The molecule has 5 nitrogen and oxygen atoms in total. The Hall–Kier alpha value is -2.95. The van der Waals surface area contributed by atoms with Gasteiger partial charge in [0.2, 0.25) is 0 Å². The fourth-order valence-corrected chi connectivity index (χ4v) is 2.82. The van der Waals surface area contributed by atoms with Crippen LogP contribution in [0.1, 0.15) is 56.5 Å². The molecule has 5 heteroatoms. The van der Waals surface area contributed by atoms with E-state index in [9.17, 15) is 14.4 Å². The number of carbonyl (C=O) groups excluding carboxylic acids is 3. The summed E-state index contributed by atoms with van der Waals surface area (Å²) in [7, 11) is 0. The lowest BCUT2D eigenvalue weighted by molar-refractivity contribution is 0.0662. The van der Waals surface area contributed by atoms with Gasteiger partial charge in [0.1, 0.15) is 0 Å². The summed E-state index contributed by atoms with van der Waals surface area (Å²) in [5.74, 6) is -0.922. The molecule has 1 aliphatic heterocycles. The van der Waals surface area contributed by atoms with E-state index in [1.807, 2.05) is 37.3 Å². The summed E-state index contributed by atoms with van der Waals surface area (Å²) in [5, 5.41) is 2.91. The summed E-state index contributed by atoms with van der Waals surface area (Å²) in [6, 6.07) is 14.1. The Morgan fingerprint density at radius 3 is 2.38 bits per heavy atom. The molecule has 0 saturated carbocycles. The molecule has 24 heavy (non-hydrogen) atoms. The highest BCUT2D eigenvalue weighted by atomic mass is 16.2. The van der Waals surface area contributed by atoms with Gasteiger partial charge in [0, 0.05) is 12.1 Å². The molecule has 0 saturated heterocycles. The van der Waals surface area contributed by atoms with Crippen molar-refractivity contribution >= 4 is 17.7 Å². The molecular formula is C19H18N2O3. The number of carbonyl (C=O) groups is 3. The van der Waals surface area contributed by atoms with Crippen molar-refractivity contribution in [3.8, 4) is 0 Å². The van der Waals surface area contributed by atoms with E-state index in [1.54, 1.807) is 19.1 Å². The van der Waals surface area contributed by atoms with Gasteiger partial charge in [-0.15, -0.1) is 0 Å². The number of fused-ring (bicyclic) bond motifs is 1. The van der Waals surface area contributed by atoms with E-state index in [0.717, 1.165) is 5.56 Å². The molecule has 3 amide bonds. The van der Waals surface area contributed by atoms with Crippen molar-refractivity contribution in [2.75, 3.05) is 6.54 Å². The third-order valence-corrected chi connectivity index (χ3v) is 4.20. The van der Waals surface area contributed by atoms with Gasteiger partial charge in [0.15, 0.2) is 0 Å². The zero-order valence-electron chi connectivity index (χ0n) is 13.6. The maximum atomic E-state index is 12.4. The average Bonchev–Trinajstić information content (AvgIpc) is 2.85. The number of amides is 3. The first kappa shape index (κ1) is 15.9. The van der Waals surface area contributed by atoms with E-state index in [1.165, 1.54) is 11.0 Å². The van der Waals surface area contributed by atoms with Gasteiger partial charge < -0.3 is 5.32 Å². The first-order valence-corrected chi connectivity index (χ1v) is 7.89. The van der Waals surface area contributed by atoms with Gasteiger partial charge in [0.25, 0.3) is 17.7 Å². The molecule has 1 heterocycles. The minimum absolute atomic E-state index is 0.156. The Balaban J connectivity index is 1.82. The maximum Gasteiger partial charge on any atom is 0.261 e. The van der Waals surface area contributed by atoms with E-state index in [2.05, 4.69) is 5.32 Å². The third-order valence-electron chi connectivity index (χ3n) is 4.20.